The molecule has 1 saturated heterocycles. The Morgan fingerprint density at radius 3 is 2.60 bits per heavy atom. The van der Waals surface area contributed by atoms with E-state index in [2.05, 4.69) is 9.71 Å². The van der Waals surface area contributed by atoms with E-state index in [4.69, 9.17) is 11.6 Å². The highest BCUT2D eigenvalue weighted by atomic mass is 35.5. The van der Waals surface area contributed by atoms with Crippen LogP contribution in [0.2, 0.25) is 5.02 Å². The molecule has 11 heteroatoms. The molecule has 0 radical (unpaired) electrons. The number of pyridine rings is 1. The van der Waals surface area contributed by atoms with Crippen LogP contribution >= 0.6 is 11.6 Å². The number of alkyl halides is 3. The molecule has 162 valence electrons. The van der Waals surface area contributed by atoms with Gasteiger partial charge in [-0.25, -0.2) is 22.5 Å². The molecular formula is C19H18ClF4N3O2S. The summed E-state index contributed by atoms with van der Waals surface area (Å²) in [7, 11) is -3.91. The number of fused-ring (bicyclic) bond motifs is 1. The quantitative estimate of drug-likeness (QED) is 0.694. The fraction of sp³-hybridized carbons (Fsp3) is 0.421. The summed E-state index contributed by atoms with van der Waals surface area (Å²) in [4.78, 5) is 5.36. The van der Waals surface area contributed by atoms with Crippen molar-refractivity contribution in [2.24, 2.45) is 11.8 Å². The lowest BCUT2D eigenvalue weighted by Gasteiger charge is -2.23. The lowest BCUT2D eigenvalue weighted by molar-refractivity contribution is -0.141. The Morgan fingerprint density at radius 2 is 1.90 bits per heavy atom. The van der Waals surface area contributed by atoms with E-state index < -0.39 is 27.7 Å². The van der Waals surface area contributed by atoms with Gasteiger partial charge in [0.1, 0.15) is 17.3 Å². The monoisotopic (exact) mass is 463 g/mol. The van der Waals surface area contributed by atoms with Gasteiger partial charge in [0, 0.05) is 19.1 Å². The molecule has 4 rings (SSSR count). The Kier molecular flexibility index (Phi) is 5.44. The van der Waals surface area contributed by atoms with E-state index in [9.17, 15) is 26.0 Å². The topological polar surface area (TPSA) is 62.3 Å². The first-order valence-corrected chi connectivity index (χ1v) is 11.2. The maximum atomic E-state index is 13.3. The molecule has 2 heterocycles. The van der Waals surface area contributed by atoms with Crippen molar-refractivity contribution in [1.82, 2.24) is 9.71 Å². The van der Waals surface area contributed by atoms with Crippen LogP contribution in [-0.2, 0) is 16.2 Å². The second-order valence-electron chi connectivity index (χ2n) is 7.59. The van der Waals surface area contributed by atoms with Crippen LogP contribution in [0.5, 0.6) is 0 Å². The number of benzene rings is 1. The normalized spacial score (nSPS) is 24.3. The second kappa shape index (κ2) is 7.65. The molecule has 0 unspecified atom stereocenters. The third-order valence-electron chi connectivity index (χ3n) is 5.71. The van der Waals surface area contributed by atoms with Crippen LogP contribution in [0.3, 0.4) is 0 Å². The first-order valence-electron chi connectivity index (χ1n) is 9.31. The zero-order chi connectivity index (χ0) is 21.7. The van der Waals surface area contributed by atoms with Crippen molar-refractivity contribution in [3.8, 4) is 0 Å². The number of nitrogens with one attached hydrogen (secondary N) is 1. The van der Waals surface area contributed by atoms with Crippen LogP contribution in [0.15, 0.2) is 41.3 Å². The van der Waals surface area contributed by atoms with Gasteiger partial charge in [-0.3, -0.25) is 0 Å². The molecule has 1 N–H and O–H groups in total. The Bertz CT molecular complexity index is 1060. The second-order valence-corrected chi connectivity index (χ2v) is 9.71. The standard InChI is InChI=1S/C19H18ClF4N3O2S/c20-14-8-12(5-6-15(14)21)30(28,29)26-16-7-4-11-9-27(10-13(11)16)18-3-1-2-17(25-18)19(22,23)24/h1-3,5-6,8,11,13,16,26H,4,7,9-10H2/t11-,13+,16+/m1/s1. The van der Waals surface area contributed by atoms with Crippen molar-refractivity contribution in [1.29, 1.82) is 0 Å². The highest BCUT2D eigenvalue weighted by Crippen LogP contribution is 2.40. The summed E-state index contributed by atoms with van der Waals surface area (Å²) in [6, 6.07) is 6.58. The Labute approximate surface area is 176 Å². The molecule has 2 fully saturated rings. The molecule has 0 amide bonds. The lowest BCUT2D eigenvalue weighted by Crippen LogP contribution is -2.39. The summed E-state index contributed by atoms with van der Waals surface area (Å²) in [6.07, 6.45) is -3.16. The average Bonchev–Trinajstić information content (AvgIpc) is 3.25. The number of nitrogens with zero attached hydrogens (tertiary/aromatic N) is 2. The van der Waals surface area contributed by atoms with Gasteiger partial charge in [-0.05, 0) is 55.0 Å². The SMILES string of the molecule is O=S(=O)(N[C@H]1CC[C@@H]2CN(c3cccc(C(F)(F)F)n3)C[C@@H]21)c1ccc(F)c(Cl)c1. The minimum atomic E-state index is -4.53. The summed E-state index contributed by atoms with van der Waals surface area (Å²) in [6.45, 7) is 0.913. The van der Waals surface area contributed by atoms with Gasteiger partial charge in [0.05, 0.1) is 9.92 Å². The van der Waals surface area contributed by atoms with Gasteiger partial charge < -0.3 is 4.90 Å². The van der Waals surface area contributed by atoms with Crippen molar-refractivity contribution < 1.29 is 26.0 Å². The number of hydrogen-bond acceptors (Lipinski definition) is 4. The van der Waals surface area contributed by atoms with E-state index in [1.54, 1.807) is 4.90 Å². The van der Waals surface area contributed by atoms with E-state index in [0.717, 1.165) is 30.7 Å². The number of sulfonamides is 1. The van der Waals surface area contributed by atoms with Crippen LogP contribution < -0.4 is 9.62 Å². The van der Waals surface area contributed by atoms with E-state index >= 15 is 0 Å². The van der Waals surface area contributed by atoms with Crippen LogP contribution in [0, 0.1) is 17.7 Å². The smallest absolute Gasteiger partial charge is 0.356 e. The Balaban J connectivity index is 1.50. The van der Waals surface area contributed by atoms with Gasteiger partial charge in [0.15, 0.2) is 0 Å². The number of aromatic nitrogens is 1. The van der Waals surface area contributed by atoms with Gasteiger partial charge in [-0.1, -0.05) is 17.7 Å². The third kappa shape index (κ3) is 4.13. The third-order valence-corrected chi connectivity index (χ3v) is 7.49. The molecule has 1 aliphatic heterocycles. The van der Waals surface area contributed by atoms with Crippen molar-refractivity contribution in [3.63, 3.8) is 0 Å². The van der Waals surface area contributed by atoms with E-state index in [1.807, 2.05) is 0 Å². The molecule has 1 aromatic carbocycles. The van der Waals surface area contributed by atoms with E-state index in [-0.39, 0.29) is 33.6 Å². The highest BCUT2D eigenvalue weighted by Gasteiger charge is 2.45. The zero-order valence-corrected chi connectivity index (χ0v) is 17.1. The zero-order valence-electron chi connectivity index (χ0n) is 15.5. The van der Waals surface area contributed by atoms with Gasteiger partial charge in [-0.2, -0.15) is 13.2 Å². The summed E-state index contributed by atoms with van der Waals surface area (Å²) < 4.78 is 80.3. The molecular weight excluding hydrogens is 446 g/mol. The lowest BCUT2D eigenvalue weighted by atomic mass is 9.98. The van der Waals surface area contributed by atoms with E-state index in [0.29, 0.717) is 19.5 Å². The predicted octanol–water partition coefficient (Wildman–Crippen LogP) is 4.09. The summed E-state index contributed by atoms with van der Waals surface area (Å²) in [5, 5.41) is -0.287. The molecule has 1 aromatic heterocycles. The largest absolute Gasteiger partial charge is 0.433 e. The molecule has 0 bridgehead atoms. The molecule has 1 aliphatic carbocycles. The van der Waals surface area contributed by atoms with Crippen molar-refractivity contribution >= 4 is 27.4 Å². The summed E-state index contributed by atoms with van der Waals surface area (Å²) >= 11 is 5.70. The van der Waals surface area contributed by atoms with Crippen LogP contribution in [0.25, 0.3) is 0 Å². The maximum Gasteiger partial charge on any atom is 0.433 e. The fourth-order valence-electron chi connectivity index (χ4n) is 4.27. The molecule has 2 aromatic rings. The molecule has 30 heavy (non-hydrogen) atoms. The Morgan fingerprint density at radius 1 is 1.13 bits per heavy atom. The minimum absolute atomic E-state index is 0.0629. The molecule has 3 atom stereocenters. The maximum absolute atomic E-state index is 13.3. The van der Waals surface area contributed by atoms with Gasteiger partial charge in [0.2, 0.25) is 10.0 Å². The predicted molar refractivity (Wildman–Crippen MR) is 103 cm³/mol. The highest BCUT2D eigenvalue weighted by molar-refractivity contribution is 7.89. The summed E-state index contributed by atoms with van der Waals surface area (Å²) in [5.74, 6) is -0.402. The number of rotatable bonds is 4. The average molecular weight is 464 g/mol. The minimum Gasteiger partial charge on any atom is -0.356 e. The number of hydrogen-bond donors (Lipinski definition) is 1. The molecule has 2 aliphatic rings. The Hall–Kier alpha value is -1.91. The van der Waals surface area contributed by atoms with Crippen LogP contribution in [-0.4, -0.2) is 32.5 Å². The van der Waals surface area contributed by atoms with Gasteiger partial charge in [-0.15, -0.1) is 0 Å². The van der Waals surface area contributed by atoms with Gasteiger partial charge in [0.25, 0.3) is 0 Å². The summed E-state index contributed by atoms with van der Waals surface area (Å²) in [5.41, 5.74) is -0.956. The van der Waals surface area contributed by atoms with Gasteiger partial charge >= 0.3 is 6.18 Å². The molecule has 5 nitrogen and oxygen atoms in total. The van der Waals surface area contributed by atoms with Crippen molar-refractivity contribution in [2.45, 2.75) is 30.0 Å². The molecule has 1 saturated carbocycles. The van der Waals surface area contributed by atoms with Crippen molar-refractivity contribution in [3.05, 3.63) is 52.9 Å². The van der Waals surface area contributed by atoms with Crippen molar-refractivity contribution in [2.75, 3.05) is 18.0 Å². The van der Waals surface area contributed by atoms with E-state index in [1.165, 1.54) is 12.1 Å². The van der Waals surface area contributed by atoms with Crippen LogP contribution in [0.1, 0.15) is 18.5 Å². The first kappa shape index (κ1) is 21.3. The fourth-order valence-corrected chi connectivity index (χ4v) is 5.86. The first-order chi connectivity index (χ1) is 14.0. The number of halogens is 5. The molecule has 0 spiro atoms. The number of anilines is 1. The van der Waals surface area contributed by atoms with Crippen LogP contribution in [0.4, 0.5) is 23.4 Å².